The number of amides is 1. The van der Waals surface area contributed by atoms with Crippen molar-refractivity contribution >= 4 is 17.6 Å². The Balaban J connectivity index is 3.06. The number of methoxy groups -OCH3 is 1. The molecule has 1 N–H and O–H groups in total. The van der Waals surface area contributed by atoms with E-state index in [1.165, 1.54) is 32.2 Å². The van der Waals surface area contributed by atoms with E-state index in [9.17, 15) is 19.7 Å². The Kier molecular flexibility index (Phi) is 5.65. The van der Waals surface area contributed by atoms with Gasteiger partial charge in [0.15, 0.2) is 5.56 Å². The first kappa shape index (κ1) is 16.4. The highest BCUT2D eigenvalue weighted by Gasteiger charge is 2.27. The molecule has 1 unspecified atom stereocenters. The van der Waals surface area contributed by atoms with Gasteiger partial charge in [0.1, 0.15) is 11.8 Å². The Morgan fingerprint density at radius 2 is 2.10 bits per heavy atom. The number of rotatable bonds is 6. The molecule has 1 atom stereocenters. The fraction of sp³-hybridized carbons (Fsp3) is 0.385. The van der Waals surface area contributed by atoms with Gasteiger partial charge in [0.2, 0.25) is 0 Å². The third-order valence-electron chi connectivity index (χ3n) is 2.64. The number of nitrogens with zero attached hydrogens (tertiary/aromatic N) is 1. The van der Waals surface area contributed by atoms with E-state index in [1.54, 1.807) is 6.92 Å². The molecule has 0 saturated carbocycles. The lowest BCUT2D eigenvalue weighted by molar-refractivity contribution is -0.385. The van der Waals surface area contributed by atoms with Crippen molar-refractivity contribution in [1.29, 1.82) is 0 Å². The molecule has 114 valence electrons. The fourth-order valence-corrected chi connectivity index (χ4v) is 1.67. The van der Waals surface area contributed by atoms with Gasteiger partial charge in [0, 0.05) is 6.07 Å². The van der Waals surface area contributed by atoms with Gasteiger partial charge in [-0.2, -0.15) is 0 Å². The van der Waals surface area contributed by atoms with E-state index in [4.69, 9.17) is 9.47 Å². The minimum absolute atomic E-state index is 0.0535. The first-order valence-corrected chi connectivity index (χ1v) is 6.21. The summed E-state index contributed by atoms with van der Waals surface area (Å²) in [6, 6.07) is 3.09. The van der Waals surface area contributed by atoms with Crippen LogP contribution >= 0.6 is 0 Å². The highest BCUT2D eigenvalue weighted by atomic mass is 16.6. The van der Waals surface area contributed by atoms with Crippen LogP contribution in [0.4, 0.5) is 5.69 Å². The van der Waals surface area contributed by atoms with Crippen molar-refractivity contribution in [2.75, 3.05) is 13.7 Å². The number of nitrogens with one attached hydrogen (secondary N) is 1. The summed E-state index contributed by atoms with van der Waals surface area (Å²) in [7, 11) is 1.30. The maximum absolute atomic E-state index is 12.2. The maximum Gasteiger partial charge on any atom is 0.328 e. The van der Waals surface area contributed by atoms with Gasteiger partial charge in [-0.25, -0.2) is 4.79 Å². The molecule has 0 heterocycles. The average Bonchev–Trinajstić information content (AvgIpc) is 2.46. The number of nitro benzene ring substituents is 1. The smallest absolute Gasteiger partial charge is 0.328 e. The highest BCUT2D eigenvalue weighted by molar-refractivity contribution is 6.02. The van der Waals surface area contributed by atoms with Crippen LogP contribution in [0, 0.1) is 10.1 Å². The Morgan fingerprint density at radius 1 is 1.43 bits per heavy atom. The van der Waals surface area contributed by atoms with Crippen LogP contribution in [0.25, 0.3) is 0 Å². The van der Waals surface area contributed by atoms with Gasteiger partial charge < -0.3 is 14.8 Å². The summed E-state index contributed by atoms with van der Waals surface area (Å²) in [6.45, 7) is 3.24. The zero-order valence-corrected chi connectivity index (χ0v) is 11.9. The average molecular weight is 296 g/mol. The third kappa shape index (κ3) is 3.91. The Morgan fingerprint density at radius 3 is 2.62 bits per heavy atom. The molecule has 0 fully saturated rings. The van der Waals surface area contributed by atoms with Crippen molar-refractivity contribution in [3.05, 3.63) is 33.9 Å². The van der Waals surface area contributed by atoms with Crippen LogP contribution in [0.2, 0.25) is 0 Å². The van der Waals surface area contributed by atoms with E-state index >= 15 is 0 Å². The molecule has 8 nitrogen and oxygen atoms in total. The van der Waals surface area contributed by atoms with Crippen molar-refractivity contribution in [2.45, 2.75) is 19.9 Å². The zero-order chi connectivity index (χ0) is 16.0. The molecule has 1 amide bonds. The molecule has 1 aromatic carbocycles. The SMILES string of the molecule is CCOC(=O)C(C)NC(=O)c1c(OC)cccc1[N+](=O)[O-]. The summed E-state index contributed by atoms with van der Waals surface area (Å²) in [5.74, 6) is -1.35. The van der Waals surface area contributed by atoms with E-state index in [1.807, 2.05) is 0 Å². The maximum atomic E-state index is 12.2. The first-order chi connectivity index (χ1) is 9.92. The normalized spacial score (nSPS) is 11.4. The summed E-state index contributed by atoms with van der Waals surface area (Å²) in [5.41, 5.74) is -0.635. The number of esters is 1. The van der Waals surface area contributed by atoms with Gasteiger partial charge in [-0.3, -0.25) is 14.9 Å². The minimum Gasteiger partial charge on any atom is -0.496 e. The van der Waals surface area contributed by atoms with E-state index in [0.717, 1.165) is 0 Å². The molecule has 1 rings (SSSR count). The molecular formula is C13H16N2O6. The molecule has 8 heteroatoms. The molecule has 1 aromatic rings. The largest absolute Gasteiger partial charge is 0.496 e. The summed E-state index contributed by atoms with van der Waals surface area (Å²) < 4.78 is 9.72. The molecule has 0 spiro atoms. The van der Waals surface area contributed by atoms with Crippen molar-refractivity contribution in [3.63, 3.8) is 0 Å². The molecule has 0 aliphatic heterocycles. The Hall–Kier alpha value is -2.64. The summed E-state index contributed by atoms with van der Waals surface area (Å²) in [6.07, 6.45) is 0. The third-order valence-corrected chi connectivity index (χ3v) is 2.64. The summed E-state index contributed by atoms with van der Waals surface area (Å²) >= 11 is 0. The number of nitro groups is 1. The number of benzene rings is 1. The van der Waals surface area contributed by atoms with Gasteiger partial charge in [0.05, 0.1) is 18.6 Å². The molecule has 0 aliphatic carbocycles. The van der Waals surface area contributed by atoms with Crippen LogP contribution < -0.4 is 10.1 Å². The second-order valence-electron chi connectivity index (χ2n) is 4.06. The van der Waals surface area contributed by atoms with Crippen LogP contribution in [0.15, 0.2) is 18.2 Å². The number of carbonyl (C=O) groups is 2. The molecule has 0 aliphatic rings. The van der Waals surface area contributed by atoms with Crippen LogP contribution in [0.1, 0.15) is 24.2 Å². The van der Waals surface area contributed by atoms with Crippen LogP contribution in [0.5, 0.6) is 5.75 Å². The molecule has 0 aromatic heterocycles. The summed E-state index contributed by atoms with van der Waals surface area (Å²) in [4.78, 5) is 34.0. The topological polar surface area (TPSA) is 108 Å². The molecule has 0 saturated heterocycles. The van der Waals surface area contributed by atoms with E-state index < -0.39 is 28.5 Å². The number of hydrogen-bond donors (Lipinski definition) is 1. The number of carbonyl (C=O) groups excluding carboxylic acids is 2. The lowest BCUT2D eigenvalue weighted by Crippen LogP contribution is -2.39. The Bertz CT molecular complexity index is 558. The van der Waals surface area contributed by atoms with Gasteiger partial charge in [-0.1, -0.05) is 6.07 Å². The van der Waals surface area contributed by atoms with E-state index in [0.29, 0.717) is 0 Å². The molecular weight excluding hydrogens is 280 g/mol. The summed E-state index contributed by atoms with van der Waals surface area (Å²) in [5, 5.41) is 13.3. The Labute approximate surface area is 121 Å². The van der Waals surface area contributed by atoms with Crippen molar-refractivity contribution < 1.29 is 24.0 Å². The number of hydrogen-bond acceptors (Lipinski definition) is 6. The van der Waals surface area contributed by atoms with Crippen molar-refractivity contribution in [2.24, 2.45) is 0 Å². The van der Waals surface area contributed by atoms with Gasteiger partial charge >= 0.3 is 5.97 Å². The van der Waals surface area contributed by atoms with Crippen LogP contribution in [-0.2, 0) is 9.53 Å². The first-order valence-electron chi connectivity index (χ1n) is 6.21. The zero-order valence-electron chi connectivity index (χ0n) is 11.9. The fourth-order valence-electron chi connectivity index (χ4n) is 1.67. The van der Waals surface area contributed by atoms with Gasteiger partial charge in [-0.05, 0) is 19.9 Å². The second-order valence-corrected chi connectivity index (χ2v) is 4.06. The lowest BCUT2D eigenvalue weighted by atomic mass is 10.1. The monoisotopic (exact) mass is 296 g/mol. The van der Waals surface area contributed by atoms with E-state index in [-0.39, 0.29) is 17.9 Å². The van der Waals surface area contributed by atoms with Crippen LogP contribution in [0.3, 0.4) is 0 Å². The van der Waals surface area contributed by atoms with E-state index in [2.05, 4.69) is 5.32 Å². The highest BCUT2D eigenvalue weighted by Crippen LogP contribution is 2.28. The van der Waals surface area contributed by atoms with Gasteiger partial charge in [0.25, 0.3) is 11.6 Å². The van der Waals surface area contributed by atoms with Crippen LogP contribution in [-0.4, -0.2) is 36.6 Å². The predicted octanol–water partition coefficient (Wildman–Crippen LogP) is 1.28. The predicted molar refractivity (Wildman–Crippen MR) is 73.2 cm³/mol. The molecule has 21 heavy (non-hydrogen) atoms. The standard InChI is InChI=1S/C13H16N2O6/c1-4-21-13(17)8(2)14-12(16)11-9(15(18)19)6-5-7-10(11)20-3/h5-8H,4H2,1-3H3,(H,14,16). The van der Waals surface area contributed by atoms with Gasteiger partial charge in [-0.15, -0.1) is 0 Å². The number of ether oxygens (including phenoxy) is 2. The lowest BCUT2D eigenvalue weighted by Gasteiger charge is -2.14. The minimum atomic E-state index is -0.929. The van der Waals surface area contributed by atoms with Crippen molar-refractivity contribution in [1.82, 2.24) is 5.32 Å². The molecule has 0 radical (unpaired) electrons. The van der Waals surface area contributed by atoms with Crippen molar-refractivity contribution in [3.8, 4) is 5.75 Å². The second kappa shape index (κ2) is 7.22. The quantitative estimate of drug-likeness (QED) is 0.481. The molecule has 0 bridgehead atoms.